The van der Waals surface area contributed by atoms with Crippen molar-refractivity contribution in [3.63, 3.8) is 0 Å². The van der Waals surface area contributed by atoms with Crippen LogP contribution in [-0.4, -0.2) is 13.0 Å². The lowest BCUT2D eigenvalue weighted by atomic mass is 10.1. The third-order valence-electron chi connectivity index (χ3n) is 1.86. The van der Waals surface area contributed by atoms with Gasteiger partial charge in [-0.05, 0) is 18.1 Å². The monoisotopic (exact) mass is 241 g/mol. The van der Waals surface area contributed by atoms with Crippen molar-refractivity contribution < 1.29 is 4.79 Å². The zero-order valence-corrected chi connectivity index (χ0v) is 9.10. The van der Waals surface area contributed by atoms with Gasteiger partial charge in [0.25, 0.3) is 0 Å². The predicted molar refractivity (Wildman–Crippen MR) is 56.5 cm³/mol. The average molecular weight is 242 g/mol. The van der Waals surface area contributed by atoms with Gasteiger partial charge in [-0.15, -0.1) is 0 Å². The molecule has 0 spiro atoms. The van der Waals surface area contributed by atoms with E-state index in [9.17, 15) is 4.79 Å². The van der Waals surface area contributed by atoms with Crippen LogP contribution in [0.3, 0.4) is 0 Å². The number of hydrogen-bond donors (Lipinski definition) is 1. The van der Waals surface area contributed by atoms with E-state index in [0.717, 1.165) is 10.9 Å². The molecular weight excluding hydrogens is 230 g/mol. The summed E-state index contributed by atoms with van der Waals surface area (Å²) in [5.41, 5.74) is 1.17. The minimum absolute atomic E-state index is 0.0794. The summed E-state index contributed by atoms with van der Waals surface area (Å²) in [7, 11) is 1.66. The first-order valence-corrected chi connectivity index (χ1v) is 4.97. The fourth-order valence-corrected chi connectivity index (χ4v) is 1.56. The normalized spacial score (nSPS) is 9.69. The van der Waals surface area contributed by atoms with Gasteiger partial charge in [0.05, 0.1) is 0 Å². The fraction of sp³-hybridized carbons (Fsp3) is 0.300. The van der Waals surface area contributed by atoms with E-state index in [0.29, 0.717) is 6.42 Å². The molecule has 0 aliphatic heterocycles. The standard InChI is InChI=1S/C10H12BrNO/c1-12-10(13)7-6-8-4-2-3-5-9(8)11/h2-5H,6-7H2,1H3,(H,12,13). The molecule has 0 heterocycles. The zero-order chi connectivity index (χ0) is 9.68. The molecule has 0 atom stereocenters. The third kappa shape index (κ3) is 3.19. The summed E-state index contributed by atoms with van der Waals surface area (Å²) in [5.74, 6) is 0.0794. The lowest BCUT2D eigenvalue weighted by Crippen LogP contribution is -2.17. The first-order chi connectivity index (χ1) is 6.24. The van der Waals surface area contributed by atoms with Gasteiger partial charge in [0.1, 0.15) is 0 Å². The molecule has 0 unspecified atom stereocenters. The second kappa shape index (κ2) is 5.02. The molecule has 1 N–H and O–H groups in total. The highest BCUT2D eigenvalue weighted by atomic mass is 79.9. The number of hydrogen-bond acceptors (Lipinski definition) is 1. The molecule has 2 nitrogen and oxygen atoms in total. The molecule has 0 bridgehead atoms. The van der Waals surface area contributed by atoms with E-state index >= 15 is 0 Å². The highest BCUT2D eigenvalue weighted by Crippen LogP contribution is 2.17. The van der Waals surface area contributed by atoms with Crippen LogP contribution in [0.2, 0.25) is 0 Å². The van der Waals surface area contributed by atoms with Gasteiger partial charge in [-0.1, -0.05) is 34.1 Å². The number of rotatable bonds is 3. The molecule has 1 rings (SSSR count). The highest BCUT2D eigenvalue weighted by molar-refractivity contribution is 9.10. The first kappa shape index (κ1) is 10.3. The van der Waals surface area contributed by atoms with Crippen molar-refractivity contribution in [2.24, 2.45) is 0 Å². The number of benzene rings is 1. The number of carbonyl (C=O) groups is 1. The van der Waals surface area contributed by atoms with E-state index < -0.39 is 0 Å². The first-order valence-electron chi connectivity index (χ1n) is 4.18. The molecule has 0 saturated heterocycles. The van der Waals surface area contributed by atoms with Crippen LogP contribution in [0.5, 0.6) is 0 Å². The van der Waals surface area contributed by atoms with Gasteiger partial charge in [0.2, 0.25) is 5.91 Å². The van der Waals surface area contributed by atoms with E-state index in [-0.39, 0.29) is 5.91 Å². The molecule has 0 saturated carbocycles. The number of nitrogens with one attached hydrogen (secondary N) is 1. The Hall–Kier alpha value is -0.830. The lowest BCUT2D eigenvalue weighted by molar-refractivity contribution is -0.120. The Labute approximate surface area is 86.5 Å². The van der Waals surface area contributed by atoms with E-state index in [1.165, 1.54) is 5.56 Å². The van der Waals surface area contributed by atoms with Crippen LogP contribution in [0.15, 0.2) is 28.7 Å². The molecule has 0 radical (unpaired) electrons. The molecule has 13 heavy (non-hydrogen) atoms. The summed E-state index contributed by atoms with van der Waals surface area (Å²) >= 11 is 3.44. The maximum atomic E-state index is 11.0. The summed E-state index contributed by atoms with van der Waals surface area (Å²) in [5, 5.41) is 2.60. The number of carbonyl (C=O) groups excluding carboxylic acids is 1. The molecule has 0 fully saturated rings. The topological polar surface area (TPSA) is 29.1 Å². The van der Waals surface area contributed by atoms with Gasteiger partial charge in [-0.25, -0.2) is 0 Å². The molecular formula is C10H12BrNO. The van der Waals surface area contributed by atoms with Crippen LogP contribution in [0, 0.1) is 0 Å². The second-order valence-corrected chi connectivity index (χ2v) is 3.62. The molecule has 70 valence electrons. The van der Waals surface area contributed by atoms with Crippen molar-refractivity contribution in [2.45, 2.75) is 12.8 Å². The maximum Gasteiger partial charge on any atom is 0.220 e. The third-order valence-corrected chi connectivity index (χ3v) is 2.63. The van der Waals surface area contributed by atoms with Gasteiger partial charge in [-0.3, -0.25) is 4.79 Å². The molecule has 1 amide bonds. The van der Waals surface area contributed by atoms with Crippen molar-refractivity contribution in [2.75, 3.05) is 7.05 Å². The summed E-state index contributed by atoms with van der Waals surface area (Å²) in [6.45, 7) is 0. The van der Waals surface area contributed by atoms with E-state index in [1.54, 1.807) is 7.05 Å². The van der Waals surface area contributed by atoms with Crippen LogP contribution in [0.4, 0.5) is 0 Å². The van der Waals surface area contributed by atoms with Gasteiger partial charge < -0.3 is 5.32 Å². The largest absolute Gasteiger partial charge is 0.359 e. The second-order valence-electron chi connectivity index (χ2n) is 2.76. The number of amides is 1. The summed E-state index contributed by atoms with van der Waals surface area (Å²) in [4.78, 5) is 11.0. The van der Waals surface area contributed by atoms with Crippen molar-refractivity contribution >= 4 is 21.8 Å². The summed E-state index contributed by atoms with van der Waals surface area (Å²) < 4.78 is 1.07. The van der Waals surface area contributed by atoms with Crippen LogP contribution in [-0.2, 0) is 11.2 Å². The molecule has 1 aromatic carbocycles. The quantitative estimate of drug-likeness (QED) is 0.864. The lowest BCUT2D eigenvalue weighted by Gasteiger charge is -2.02. The van der Waals surface area contributed by atoms with E-state index in [2.05, 4.69) is 21.2 Å². The van der Waals surface area contributed by atoms with E-state index in [4.69, 9.17) is 0 Å². The van der Waals surface area contributed by atoms with E-state index in [1.807, 2.05) is 24.3 Å². The maximum absolute atomic E-state index is 11.0. The number of aryl methyl sites for hydroxylation is 1. The average Bonchev–Trinajstić information content (AvgIpc) is 2.16. The Morgan fingerprint density at radius 2 is 2.15 bits per heavy atom. The SMILES string of the molecule is CNC(=O)CCc1ccccc1Br. The van der Waals surface area contributed by atoms with Crippen LogP contribution >= 0.6 is 15.9 Å². The van der Waals surface area contributed by atoms with Crippen molar-refractivity contribution in [3.05, 3.63) is 34.3 Å². The molecule has 1 aromatic rings. The van der Waals surface area contributed by atoms with Crippen molar-refractivity contribution in [1.29, 1.82) is 0 Å². The minimum atomic E-state index is 0.0794. The van der Waals surface area contributed by atoms with Crippen molar-refractivity contribution in [3.8, 4) is 0 Å². The zero-order valence-electron chi connectivity index (χ0n) is 7.51. The van der Waals surface area contributed by atoms with Gasteiger partial charge >= 0.3 is 0 Å². The predicted octanol–water partition coefficient (Wildman–Crippen LogP) is 2.13. The van der Waals surface area contributed by atoms with Crippen LogP contribution in [0.25, 0.3) is 0 Å². The minimum Gasteiger partial charge on any atom is -0.359 e. The van der Waals surface area contributed by atoms with Crippen LogP contribution < -0.4 is 5.32 Å². The number of halogens is 1. The van der Waals surface area contributed by atoms with Gasteiger partial charge in [-0.2, -0.15) is 0 Å². The fourth-order valence-electron chi connectivity index (χ4n) is 1.07. The molecule has 0 aliphatic carbocycles. The van der Waals surface area contributed by atoms with Crippen LogP contribution in [0.1, 0.15) is 12.0 Å². The van der Waals surface area contributed by atoms with Gasteiger partial charge in [0, 0.05) is 17.9 Å². The van der Waals surface area contributed by atoms with Crippen molar-refractivity contribution in [1.82, 2.24) is 5.32 Å². The summed E-state index contributed by atoms with van der Waals surface area (Å²) in [6.07, 6.45) is 1.32. The highest BCUT2D eigenvalue weighted by Gasteiger charge is 2.01. The molecule has 0 aliphatic rings. The van der Waals surface area contributed by atoms with Gasteiger partial charge in [0.15, 0.2) is 0 Å². The Morgan fingerprint density at radius 3 is 2.77 bits per heavy atom. The molecule has 3 heteroatoms. The molecule has 0 aromatic heterocycles. The summed E-state index contributed by atoms with van der Waals surface area (Å²) in [6, 6.07) is 7.95. The Morgan fingerprint density at radius 1 is 1.46 bits per heavy atom. The Kier molecular flexibility index (Phi) is 3.96. The Bertz CT molecular complexity index is 299. The smallest absolute Gasteiger partial charge is 0.220 e. The Balaban J connectivity index is 2.54.